The van der Waals surface area contributed by atoms with Crippen LogP contribution in [-0.2, 0) is 11.8 Å². The number of nitrogen functional groups attached to an aromatic ring is 1. The maximum atomic E-state index is 12.3. The second kappa shape index (κ2) is 8.42. The molecule has 0 atom stereocenters. The van der Waals surface area contributed by atoms with Crippen molar-refractivity contribution >= 4 is 11.6 Å². The highest BCUT2D eigenvalue weighted by atomic mass is 16.5. The van der Waals surface area contributed by atoms with Gasteiger partial charge in [-0.05, 0) is 11.8 Å². The van der Waals surface area contributed by atoms with Gasteiger partial charge in [-0.15, -0.1) is 0 Å². The number of hydrogen-bond donors (Lipinski definition) is 2. The Morgan fingerprint density at radius 1 is 1.38 bits per heavy atom. The van der Waals surface area contributed by atoms with Gasteiger partial charge in [-0.3, -0.25) is 14.4 Å². The third-order valence-corrected chi connectivity index (χ3v) is 3.98. The Hall–Kier alpha value is -2.96. The molecule has 3 rings (SSSR count). The van der Waals surface area contributed by atoms with Gasteiger partial charge in [0, 0.05) is 39.3 Å². The minimum atomic E-state index is -0.219. The summed E-state index contributed by atoms with van der Waals surface area (Å²) >= 11 is 0. The molecule has 1 saturated heterocycles. The Labute approximate surface area is 151 Å². The zero-order chi connectivity index (χ0) is 18.4. The number of carbonyl (C=O) groups excluding carboxylic acids is 1. The van der Waals surface area contributed by atoms with Crippen molar-refractivity contribution < 1.29 is 9.53 Å². The number of rotatable bonds is 4. The molecule has 1 aliphatic rings. The fourth-order valence-corrected chi connectivity index (χ4v) is 2.51. The molecular formula is C17H21N7O2. The number of hydrogen-bond acceptors (Lipinski definition) is 7. The number of nitrogens with zero attached hydrogens (tertiary/aromatic N) is 5. The Morgan fingerprint density at radius 2 is 2.19 bits per heavy atom. The monoisotopic (exact) mass is 355 g/mol. The van der Waals surface area contributed by atoms with Crippen LogP contribution in [0.3, 0.4) is 0 Å². The first-order valence-corrected chi connectivity index (χ1v) is 8.33. The van der Waals surface area contributed by atoms with E-state index in [1.54, 1.807) is 17.8 Å². The van der Waals surface area contributed by atoms with Crippen LogP contribution in [0.4, 0.5) is 5.69 Å². The number of nitrogens with two attached hydrogens (primary N) is 1. The standard InChI is InChI=1S/C17H21N7O2/c1-23-13(2-3-15-14(18)11-19-12-21-15)10-16(22-23)17(25)20-4-5-24-6-8-26-9-7-24/h10-12H,4-9,18H2,1H3,(H,20,25). The molecule has 1 amide bonds. The van der Waals surface area contributed by atoms with Crippen LogP contribution in [0.25, 0.3) is 0 Å². The first kappa shape index (κ1) is 17.8. The van der Waals surface area contributed by atoms with Crippen LogP contribution in [-0.4, -0.2) is 69.9 Å². The number of amides is 1. The van der Waals surface area contributed by atoms with Crippen molar-refractivity contribution in [2.24, 2.45) is 7.05 Å². The zero-order valence-corrected chi connectivity index (χ0v) is 14.6. The molecule has 2 aromatic heterocycles. The van der Waals surface area contributed by atoms with Gasteiger partial charge in [-0.1, -0.05) is 0 Å². The molecule has 0 unspecified atom stereocenters. The van der Waals surface area contributed by atoms with Crippen molar-refractivity contribution in [1.29, 1.82) is 0 Å². The minimum absolute atomic E-state index is 0.219. The van der Waals surface area contributed by atoms with E-state index in [9.17, 15) is 4.79 Å². The molecule has 0 aliphatic carbocycles. The van der Waals surface area contributed by atoms with Crippen molar-refractivity contribution in [2.45, 2.75) is 0 Å². The third-order valence-electron chi connectivity index (χ3n) is 3.98. The number of nitrogens with one attached hydrogen (secondary N) is 1. The summed E-state index contributed by atoms with van der Waals surface area (Å²) in [7, 11) is 1.73. The first-order valence-electron chi connectivity index (χ1n) is 8.33. The smallest absolute Gasteiger partial charge is 0.271 e. The Morgan fingerprint density at radius 3 is 2.96 bits per heavy atom. The molecule has 26 heavy (non-hydrogen) atoms. The molecule has 0 aromatic carbocycles. The number of carbonyl (C=O) groups is 1. The Balaban J connectivity index is 1.59. The maximum absolute atomic E-state index is 12.3. The lowest BCUT2D eigenvalue weighted by Crippen LogP contribution is -2.41. The summed E-state index contributed by atoms with van der Waals surface area (Å²) in [5.41, 5.74) is 7.54. The molecule has 9 heteroatoms. The molecule has 2 aromatic rings. The van der Waals surface area contributed by atoms with Gasteiger partial charge in [-0.2, -0.15) is 5.10 Å². The summed E-state index contributed by atoms with van der Waals surface area (Å²) in [6, 6.07) is 1.65. The summed E-state index contributed by atoms with van der Waals surface area (Å²) < 4.78 is 6.86. The van der Waals surface area contributed by atoms with Gasteiger partial charge in [0.25, 0.3) is 5.91 Å². The second-order valence-corrected chi connectivity index (χ2v) is 5.83. The fourth-order valence-electron chi connectivity index (χ4n) is 2.51. The molecule has 1 aliphatic heterocycles. The zero-order valence-electron chi connectivity index (χ0n) is 14.6. The lowest BCUT2D eigenvalue weighted by Gasteiger charge is -2.26. The lowest BCUT2D eigenvalue weighted by molar-refractivity contribution is 0.0383. The van der Waals surface area contributed by atoms with Crippen LogP contribution < -0.4 is 11.1 Å². The van der Waals surface area contributed by atoms with Gasteiger partial charge in [0.05, 0.1) is 25.1 Å². The largest absolute Gasteiger partial charge is 0.395 e. The Kier molecular flexibility index (Phi) is 5.78. The average molecular weight is 355 g/mol. The van der Waals surface area contributed by atoms with Crippen molar-refractivity contribution in [1.82, 2.24) is 30.0 Å². The van der Waals surface area contributed by atoms with E-state index in [2.05, 4.69) is 37.1 Å². The molecule has 0 radical (unpaired) electrons. The van der Waals surface area contributed by atoms with E-state index in [4.69, 9.17) is 10.5 Å². The highest BCUT2D eigenvalue weighted by Gasteiger charge is 2.13. The van der Waals surface area contributed by atoms with Gasteiger partial charge in [0.1, 0.15) is 17.7 Å². The van der Waals surface area contributed by atoms with E-state index < -0.39 is 0 Å². The van der Waals surface area contributed by atoms with Crippen LogP contribution in [0.2, 0.25) is 0 Å². The molecule has 0 bridgehead atoms. The molecule has 9 nitrogen and oxygen atoms in total. The summed E-state index contributed by atoms with van der Waals surface area (Å²) in [6.45, 7) is 4.63. The molecular weight excluding hydrogens is 334 g/mol. The van der Waals surface area contributed by atoms with E-state index >= 15 is 0 Å². The van der Waals surface area contributed by atoms with Crippen LogP contribution in [0.5, 0.6) is 0 Å². The number of ether oxygens (including phenoxy) is 1. The highest BCUT2D eigenvalue weighted by Crippen LogP contribution is 2.05. The van der Waals surface area contributed by atoms with Crippen LogP contribution in [0.1, 0.15) is 21.9 Å². The first-order chi connectivity index (χ1) is 12.6. The molecule has 3 N–H and O–H groups in total. The molecule has 0 saturated carbocycles. The maximum Gasteiger partial charge on any atom is 0.271 e. The van der Waals surface area contributed by atoms with E-state index in [0.717, 1.165) is 32.8 Å². The van der Waals surface area contributed by atoms with Gasteiger partial charge in [0.15, 0.2) is 5.69 Å². The Bertz CT molecular complexity index is 831. The lowest BCUT2D eigenvalue weighted by atomic mass is 10.3. The predicted octanol–water partition coefficient (Wildman–Crippen LogP) is -0.746. The fraction of sp³-hybridized carbons (Fsp3) is 0.412. The summed E-state index contributed by atoms with van der Waals surface area (Å²) in [5.74, 6) is 5.58. The number of aromatic nitrogens is 4. The molecule has 136 valence electrons. The van der Waals surface area contributed by atoms with Crippen LogP contribution >= 0.6 is 0 Å². The van der Waals surface area contributed by atoms with Gasteiger partial charge in [0.2, 0.25) is 0 Å². The highest BCUT2D eigenvalue weighted by molar-refractivity contribution is 5.92. The van der Waals surface area contributed by atoms with Crippen molar-refractivity contribution in [3.63, 3.8) is 0 Å². The van der Waals surface area contributed by atoms with Crippen molar-refractivity contribution in [3.05, 3.63) is 35.7 Å². The number of anilines is 1. The minimum Gasteiger partial charge on any atom is -0.395 e. The quantitative estimate of drug-likeness (QED) is 0.695. The van der Waals surface area contributed by atoms with Gasteiger partial charge < -0.3 is 15.8 Å². The molecule has 3 heterocycles. The van der Waals surface area contributed by atoms with Crippen LogP contribution in [0, 0.1) is 11.8 Å². The molecule has 0 spiro atoms. The summed E-state index contributed by atoms with van der Waals surface area (Å²) in [5, 5.41) is 7.10. The van der Waals surface area contributed by atoms with Crippen molar-refractivity contribution in [2.75, 3.05) is 45.1 Å². The third kappa shape index (κ3) is 4.56. The SMILES string of the molecule is Cn1nc(C(=O)NCCN2CCOCC2)cc1C#Cc1ncncc1N. The second-order valence-electron chi connectivity index (χ2n) is 5.83. The molecule has 1 fully saturated rings. The van der Waals surface area contributed by atoms with Crippen LogP contribution in [0.15, 0.2) is 18.6 Å². The van der Waals surface area contributed by atoms with Gasteiger partial charge in [-0.25, -0.2) is 9.97 Å². The van der Waals surface area contributed by atoms with E-state index in [1.807, 2.05) is 0 Å². The summed E-state index contributed by atoms with van der Waals surface area (Å²) in [4.78, 5) is 22.4. The summed E-state index contributed by atoms with van der Waals surface area (Å²) in [6.07, 6.45) is 2.88. The normalized spacial score (nSPS) is 14.5. The van der Waals surface area contributed by atoms with E-state index in [0.29, 0.717) is 29.3 Å². The number of aryl methyl sites for hydroxylation is 1. The topological polar surface area (TPSA) is 111 Å². The van der Waals surface area contributed by atoms with E-state index in [1.165, 1.54) is 12.5 Å². The average Bonchev–Trinajstić information content (AvgIpc) is 3.03. The van der Waals surface area contributed by atoms with E-state index in [-0.39, 0.29) is 5.91 Å². The predicted molar refractivity (Wildman–Crippen MR) is 95.2 cm³/mol. The van der Waals surface area contributed by atoms with Gasteiger partial charge >= 0.3 is 0 Å². The number of morpholine rings is 1. The van der Waals surface area contributed by atoms with Crippen molar-refractivity contribution in [3.8, 4) is 11.8 Å².